The number of hydrogen-bond donors (Lipinski definition) is 1. The highest BCUT2D eigenvalue weighted by Gasteiger charge is 2.50. The van der Waals surface area contributed by atoms with Gasteiger partial charge in [0.15, 0.2) is 13.6 Å². The molecule has 0 fully saturated rings. The van der Waals surface area contributed by atoms with Gasteiger partial charge in [-0.2, -0.15) is 0 Å². The first-order valence-electron chi connectivity index (χ1n) is 12.6. The number of benzene rings is 1. The number of nitrogens with one attached hydrogen (secondary N) is 1. The molecule has 6 nitrogen and oxygen atoms in total. The van der Waals surface area contributed by atoms with Gasteiger partial charge in [-0.1, -0.05) is 51.1 Å². The van der Waals surface area contributed by atoms with E-state index in [1.54, 1.807) is 0 Å². The van der Waals surface area contributed by atoms with Crippen molar-refractivity contribution < 1.29 is 23.1 Å². The minimum atomic E-state index is -2.33. The van der Waals surface area contributed by atoms with E-state index in [0.717, 1.165) is 5.56 Å². The lowest BCUT2D eigenvalue weighted by Gasteiger charge is -2.44. The predicted molar refractivity (Wildman–Crippen MR) is 155 cm³/mol. The van der Waals surface area contributed by atoms with Crippen molar-refractivity contribution in [3.63, 3.8) is 0 Å². The highest BCUT2D eigenvalue weighted by Crippen LogP contribution is 2.42. The second-order valence-corrected chi connectivity index (χ2v) is 21.9. The van der Waals surface area contributed by atoms with Crippen LogP contribution in [0.2, 0.25) is 18.1 Å². The largest absolute Gasteiger partial charge is 0.615 e. The van der Waals surface area contributed by atoms with Crippen LogP contribution in [0.1, 0.15) is 86.0 Å². The summed E-state index contributed by atoms with van der Waals surface area (Å²) in [6.07, 6.45) is 0.00985. The first kappa shape index (κ1) is 33.5. The number of carbonyl (C=O) groups is 1. The maximum atomic E-state index is 14.1. The molecule has 0 aliphatic carbocycles. The van der Waals surface area contributed by atoms with Crippen molar-refractivity contribution in [2.45, 2.75) is 120 Å². The second kappa shape index (κ2) is 13.0. The number of methoxy groups -OCH3 is 1. The van der Waals surface area contributed by atoms with Crippen LogP contribution in [0.4, 0.5) is 0 Å². The molecule has 1 aromatic rings. The fourth-order valence-electron chi connectivity index (χ4n) is 3.35. The molecule has 2 unspecified atom stereocenters. The van der Waals surface area contributed by atoms with E-state index in [1.807, 2.05) is 71.9 Å². The maximum Gasteiger partial charge on any atom is 0.305 e. The van der Waals surface area contributed by atoms with Crippen molar-refractivity contribution in [2.24, 2.45) is 0 Å². The van der Waals surface area contributed by atoms with E-state index in [9.17, 15) is 13.9 Å². The Morgan fingerprint density at radius 2 is 1.50 bits per heavy atom. The number of hydrogen-bond acceptors (Lipinski definition) is 6. The fourth-order valence-corrected chi connectivity index (χ4v) is 7.38. The Bertz CT molecular complexity index is 818. The fraction of sp³-hybridized carbons (Fsp3) is 0.741. The number of rotatable bonds is 11. The maximum absolute atomic E-state index is 14.1. The molecule has 0 amide bonds. The molecular formula is C27H49NO5S2Si. The molecule has 0 aliphatic heterocycles. The van der Waals surface area contributed by atoms with Crippen LogP contribution in [0.15, 0.2) is 30.3 Å². The van der Waals surface area contributed by atoms with Gasteiger partial charge >= 0.3 is 5.97 Å². The van der Waals surface area contributed by atoms with E-state index in [-0.39, 0.29) is 17.4 Å². The molecule has 0 bridgehead atoms. The summed E-state index contributed by atoms with van der Waals surface area (Å²) in [5, 5.41) is -0.597. The van der Waals surface area contributed by atoms with Crippen LogP contribution in [0.3, 0.4) is 0 Å². The van der Waals surface area contributed by atoms with Gasteiger partial charge in [-0.05, 0) is 77.3 Å². The van der Waals surface area contributed by atoms with Gasteiger partial charge in [0.05, 0.1) is 13.2 Å². The minimum Gasteiger partial charge on any atom is -0.615 e. The van der Waals surface area contributed by atoms with Crippen LogP contribution in [0, 0.1) is 0 Å². The molecule has 1 N–H and O–H groups in total. The topological polar surface area (TPSA) is 93.7 Å². The van der Waals surface area contributed by atoms with Gasteiger partial charge < -0.3 is 18.3 Å². The molecule has 0 radical (unpaired) electrons. The van der Waals surface area contributed by atoms with Gasteiger partial charge in [-0.25, -0.2) is 0 Å². The lowest BCUT2D eigenvalue weighted by Crippen LogP contribution is -2.58. The third kappa shape index (κ3) is 9.64. The monoisotopic (exact) mass is 559 g/mol. The van der Waals surface area contributed by atoms with E-state index in [1.165, 1.54) is 7.11 Å². The minimum absolute atomic E-state index is 0.0876. The number of esters is 1. The van der Waals surface area contributed by atoms with Crippen LogP contribution in [-0.2, 0) is 36.5 Å². The summed E-state index contributed by atoms with van der Waals surface area (Å²) in [5.74, 6) is -0.331. The van der Waals surface area contributed by atoms with Crippen LogP contribution in [-0.4, -0.2) is 52.1 Å². The predicted octanol–water partition coefficient (Wildman–Crippen LogP) is 6.04. The standard InChI is InChI=1S/C27H49NO5S2Si/c1-25(2,3)34(30)24(20-16-14-13-15-17-20)23(28-35(31)26(4,5)6)21(18-19-22(29)32-10)33-36(11,12)27(7,8)9/h13-17,21,23-24,28H,18-19H2,1-12H3/t21-,23?,24?,34+,35-/m0/s1. The summed E-state index contributed by atoms with van der Waals surface area (Å²) >= 11 is -2.82. The molecule has 1 aromatic carbocycles. The van der Waals surface area contributed by atoms with E-state index in [0.29, 0.717) is 6.42 Å². The molecule has 9 heteroatoms. The molecule has 0 saturated heterocycles. The summed E-state index contributed by atoms with van der Waals surface area (Å²) in [6, 6.07) is 9.15. The quantitative estimate of drug-likeness (QED) is 0.202. The molecule has 0 heterocycles. The highest BCUT2D eigenvalue weighted by molar-refractivity contribution is 7.93. The average Bonchev–Trinajstić information content (AvgIpc) is 2.74. The van der Waals surface area contributed by atoms with Crippen molar-refractivity contribution in [2.75, 3.05) is 7.11 Å². The molecular weight excluding hydrogens is 511 g/mol. The lowest BCUT2D eigenvalue weighted by atomic mass is 9.98. The van der Waals surface area contributed by atoms with Crippen LogP contribution in [0.25, 0.3) is 0 Å². The lowest BCUT2D eigenvalue weighted by molar-refractivity contribution is -0.141. The number of carbonyl (C=O) groups excluding carboxylic acids is 1. The molecule has 36 heavy (non-hydrogen) atoms. The summed E-state index contributed by atoms with van der Waals surface area (Å²) in [6.45, 7) is 22.4. The summed E-state index contributed by atoms with van der Waals surface area (Å²) in [7, 11) is -0.955. The van der Waals surface area contributed by atoms with Crippen molar-refractivity contribution >= 4 is 36.8 Å². The van der Waals surface area contributed by atoms with Crippen LogP contribution in [0.5, 0.6) is 0 Å². The van der Waals surface area contributed by atoms with Crippen LogP contribution < -0.4 is 4.72 Å². The van der Waals surface area contributed by atoms with Crippen molar-refractivity contribution in [3.8, 4) is 0 Å². The third-order valence-corrected chi connectivity index (χ3v) is 14.9. The average molecular weight is 560 g/mol. The van der Waals surface area contributed by atoms with Crippen molar-refractivity contribution in [1.29, 1.82) is 0 Å². The molecule has 5 atom stereocenters. The first-order valence-corrected chi connectivity index (χ1v) is 17.9. The van der Waals surface area contributed by atoms with Crippen molar-refractivity contribution in [3.05, 3.63) is 35.9 Å². The zero-order chi connectivity index (χ0) is 28.1. The van der Waals surface area contributed by atoms with Crippen LogP contribution >= 0.6 is 0 Å². The first-order chi connectivity index (χ1) is 16.2. The zero-order valence-corrected chi connectivity index (χ0v) is 27.0. The molecule has 208 valence electrons. The Hall–Kier alpha value is -0.553. The smallest absolute Gasteiger partial charge is 0.305 e. The van der Waals surface area contributed by atoms with E-state index in [4.69, 9.17) is 9.16 Å². The van der Waals surface area contributed by atoms with Gasteiger partial charge in [0.2, 0.25) is 0 Å². The van der Waals surface area contributed by atoms with Gasteiger partial charge in [0.1, 0.15) is 15.5 Å². The number of ether oxygens (including phenoxy) is 1. The Balaban J connectivity index is 3.76. The third-order valence-electron chi connectivity index (χ3n) is 6.60. The molecule has 0 saturated carbocycles. The Morgan fingerprint density at radius 3 is 1.92 bits per heavy atom. The van der Waals surface area contributed by atoms with Gasteiger partial charge in [-0.15, -0.1) is 4.72 Å². The normalized spacial score (nSPS) is 17.7. The second-order valence-electron chi connectivity index (χ2n) is 12.8. The molecule has 1 rings (SSSR count). The molecule has 0 aliphatic rings. The van der Waals surface area contributed by atoms with Gasteiger partial charge in [0.25, 0.3) is 0 Å². The van der Waals surface area contributed by atoms with E-state index >= 15 is 0 Å². The summed E-state index contributed by atoms with van der Waals surface area (Å²) < 4.78 is 41.8. The Kier molecular flexibility index (Phi) is 12.1. The van der Waals surface area contributed by atoms with Gasteiger partial charge in [0, 0.05) is 23.3 Å². The molecule has 0 aromatic heterocycles. The summed E-state index contributed by atoms with van der Waals surface area (Å²) in [5.41, 5.74) is 0.885. The van der Waals surface area contributed by atoms with E-state index < -0.39 is 57.7 Å². The zero-order valence-electron chi connectivity index (χ0n) is 24.4. The van der Waals surface area contributed by atoms with Crippen molar-refractivity contribution in [1.82, 2.24) is 4.72 Å². The van der Waals surface area contributed by atoms with Gasteiger partial charge in [-0.3, -0.25) is 4.79 Å². The van der Waals surface area contributed by atoms with E-state index in [2.05, 4.69) is 38.6 Å². The Labute approximate surface area is 227 Å². The summed E-state index contributed by atoms with van der Waals surface area (Å²) in [4.78, 5) is 12.2. The highest BCUT2D eigenvalue weighted by atomic mass is 32.2. The molecule has 0 spiro atoms. The Morgan fingerprint density at radius 1 is 0.972 bits per heavy atom. The SMILES string of the molecule is COC(=O)CC[C@H](O[Si](C)(C)C(C)(C)C)C(N[S@@+]([O-])C(C)(C)C)C(c1ccccc1)[S@@+]([O-])C(C)(C)C.